The second kappa shape index (κ2) is 9.15. The summed E-state index contributed by atoms with van der Waals surface area (Å²) in [5, 5.41) is 2.92. The van der Waals surface area contributed by atoms with Crippen LogP contribution in [0.25, 0.3) is 0 Å². The van der Waals surface area contributed by atoms with E-state index >= 15 is 0 Å². The average Bonchev–Trinajstić information content (AvgIpc) is 3.02. The van der Waals surface area contributed by atoms with Gasteiger partial charge in [0.15, 0.2) is 0 Å². The molecule has 2 unspecified atom stereocenters. The van der Waals surface area contributed by atoms with Crippen molar-refractivity contribution < 1.29 is 17.9 Å². The van der Waals surface area contributed by atoms with Crippen molar-refractivity contribution in [3.63, 3.8) is 0 Å². The van der Waals surface area contributed by atoms with Gasteiger partial charge in [0.05, 0.1) is 17.1 Å². The molecule has 2 N–H and O–H groups in total. The number of carbonyl (C=O) groups excluding carboxylic acids is 1. The van der Waals surface area contributed by atoms with Gasteiger partial charge in [-0.3, -0.25) is 14.5 Å². The Labute approximate surface area is 195 Å². The number of anilines is 2. The summed E-state index contributed by atoms with van der Waals surface area (Å²) in [6.07, 6.45) is 0.328. The van der Waals surface area contributed by atoms with Crippen molar-refractivity contribution in [3.05, 3.63) is 54.1 Å². The van der Waals surface area contributed by atoms with Crippen LogP contribution < -0.4 is 14.9 Å². The topological polar surface area (TPSA) is 100 Å². The average molecular weight is 471 g/mol. The lowest BCUT2D eigenvalue weighted by molar-refractivity contribution is -0.118. The van der Waals surface area contributed by atoms with E-state index in [1.807, 2.05) is 38.1 Å². The third-order valence-corrected chi connectivity index (χ3v) is 7.15. The van der Waals surface area contributed by atoms with Crippen LogP contribution >= 0.6 is 0 Å². The number of amides is 1. The number of ether oxygens (including phenoxy) is 1. The van der Waals surface area contributed by atoms with Gasteiger partial charge >= 0.3 is 0 Å². The lowest BCUT2D eigenvalue weighted by atomic mass is 10.0. The van der Waals surface area contributed by atoms with Gasteiger partial charge in [-0.15, -0.1) is 0 Å². The number of hydrogen-bond acceptors (Lipinski definition) is 6. The summed E-state index contributed by atoms with van der Waals surface area (Å²) in [5.41, 5.74) is 2.22. The molecule has 1 saturated heterocycles. The maximum atomic E-state index is 13.1. The minimum atomic E-state index is -3.66. The summed E-state index contributed by atoms with van der Waals surface area (Å²) in [4.78, 5) is 20.0. The van der Waals surface area contributed by atoms with E-state index in [0.29, 0.717) is 11.3 Å². The van der Waals surface area contributed by atoms with Gasteiger partial charge in [0.2, 0.25) is 5.91 Å². The number of fused-ring (bicyclic) bond motifs is 1. The van der Waals surface area contributed by atoms with E-state index in [4.69, 9.17) is 4.74 Å². The second-order valence-corrected chi connectivity index (χ2v) is 10.6. The fraction of sp³-hybridized carbons (Fsp3) is 0.417. The molecule has 2 aliphatic heterocycles. The molecule has 2 heterocycles. The summed E-state index contributed by atoms with van der Waals surface area (Å²) >= 11 is 0. The molecular formula is C24H30N4O4S. The summed E-state index contributed by atoms with van der Waals surface area (Å²) in [5.74, 6) is -0.224. The monoisotopic (exact) mass is 470 g/mol. The molecular weight excluding hydrogens is 440 g/mol. The van der Waals surface area contributed by atoms with Crippen molar-refractivity contribution in [1.29, 1.82) is 0 Å². The zero-order chi connectivity index (χ0) is 23.8. The second-order valence-electron chi connectivity index (χ2n) is 8.97. The highest BCUT2D eigenvalue weighted by Gasteiger charge is 2.32. The Kier molecular flexibility index (Phi) is 6.45. The molecule has 2 aromatic carbocycles. The molecule has 0 aliphatic carbocycles. The predicted molar refractivity (Wildman–Crippen MR) is 129 cm³/mol. The smallest absolute Gasteiger partial charge is 0.263 e. The number of hydrogen-bond donors (Lipinski definition) is 2. The van der Waals surface area contributed by atoms with Crippen LogP contribution in [0, 0.1) is 5.92 Å². The van der Waals surface area contributed by atoms with Crippen LogP contribution in [0.1, 0.15) is 33.3 Å². The lowest BCUT2D eigenvalue weighted by Crippen LogP contribution is -2.45. The van der Waals surface area contributed by atoms with E-state index in [9.17, 15) is 13.2 Å². The van der Waals surface area contributed by atoms with Crippen LogP contribution in [0.2, 0.25) is 0 Å². The molecule has 2 aromatic rings. The molecule has 33 heavy (non-hydrogen) atoms. The zero-order valence-corrected chi connectivity index (χ0v) is 20.1. The van der Waals surface area contributed by atoms with Crippen LogP contribution in [0.5, 0.6) is 0 Å². The fourth-order valence-corrected chi connectivity index (χ4v) is 5.48. The highest BCUT2D eigenvalue weighted by molar-refractivity contribution is 7.90. The van der Waals surface area contributed by atoms with Crippen LogP contribution in [-0.2, 0) is 19.6 Å². The number of amidine groups is 1. The normalized spacial score (nSPS) is 23.8. The Balaban J connectivity index is 1.50. The zero-order valence-electron chi connectivity index (χ0n) is 19.3. The van der Waals surface area contributed by atoms with E-state index in [1.54, 1.807) is 18.2 Å². The molecule has 0 spiro atoms. The Hall–Kier alpha value is -2.91. The number of sulfonamides is 1. The van der Waals surface area contributed by atoms with Crippen molar-refractivity contribution >= 4 is 33.1 Å². The van der Waals surface area contributed by atoms with Crippen molar-refractivity contribution in [3.8, 4) is 0 Å². The summed E-state index contributed by atoms with van der Waals surface area (Å²) in [6, 6.07) is 13.6. The number of morpholine rings is 1. The third kappa shape index (κ3) is 5.04. The molecule has 1 fully saturated rings. The molecule has 2 aliphatic rings. The van der Waals surface area contributed by atoms with Crippen LogP contribution in [-0.4, -0.2) is 51.5 Å². The Bertz CT molecular complexity index is 1150. The van der Waals surface area contributed by atoms with Crippen molar-refractivity contribution in [2.24, 2.45) is 10.9 Å². The van der Waals surface area contributed by atoms with Crippen LogP contribution in [0.3, 0.4) is 0 Å². The lowest BCUT2D eigenvalue weighted by Gasteiger charge is -2.36. The van der Waals surface area contributed by atoms with Gasteiger partial charge < -0.3 is 15.0 Å². The Morgan fingerprint density at radius 1 is 1.09 bits per heavy atom. The number of nitrogens with one attached hydrogen (secondary N) is 2. The number of nitrogens with zero attached hydrogens (tertiary/aromatic N) is 2. The van der Waals surface area contributed by atoms with Crippen molar-refractivity contribution in [1.82, 2.24) is 4.72 Å². The maximum Gasteiger partial charge on any atom is 0.263 e. The molecule has 0 saturated carbocycles. The highest BCUT2D eigenvalue weighted by atomic mass is 32.2. The number of rotatable bonds is 5. The number of benzene rings is 2. The van der Waals surface area contributed by atoms with Gasteiger partial charge in [-0.1, -0.05) is 26.0 Å². The van der Waals surface area contributed by atoms with E-state index in [0.717, 1.165) is 18.8 Å². The van der Waals surface area contributed by atoms with Gasteiger partial charge in [-0.2, -0.15) is 0 Å². The first kappa shape index (κ1) is 23.3. The molecule has 4 rings (SSSR count). The SMILES string of the molecule is CC1CN(c2ccc(NC(=O)[C@@H](N=C3NS(=O)(=O)c4ccccc43)C(C)C)cc2)CC(C)O1. The van der Waals surface area contributed by atoms with Gasteiger partial charge in [-0.25, -0.2) is 8.42 Å². The van der Waals surface area contributed by atoms with Crippen LogP contribution in [0.4, 0.5) is 11.4 Å². The van der Waals surface area contributed by atoms with E-state index in [2.05, 4.69) is 33.8 Å². The first-order chi connectivity index (χ1) is 15.6. The first-order valence-electron chi connectivity index (χ1n) is 11.2. The molecule has 0 bridgehead atoms. The molecule has 1 amide bonds. The first-order valence-corrected chi connectivity index (χ1v) is 12.6. The Morgan fingerprint density at radius 2 is 1.73 bits per heavy atom. The standard InChI is InChI=1S/C24H30N4O4S/c1-15(2)22(26-23-20-7-5-6-8-21(20)33(30,31)27-23)24(29)25-18-9-11-19(12-10-18)28-13-16(3)32-17(4)14-28/h5-12,15-17,22H,13-14H2,1-4H3,(H,25,29)(H,26,27)/t16?,17?,22-/m0/s1. The largest absolute Gasteiger partial charge is 0.372 e. The number of carbonyl (C=O) groups is 1. The van der Waals surface area contributed by atoms with Gasteiger partial charge in [0, 0.05) is 30.0 Å². The van der Waals surface area contributed by atoms with E-state index in [-0.39, 0.29) is 34.8 Å². The number of aliphatic imine (C=N–C) groups is 1. The summed E-state index contributed by atoms with van der Waals surface area (Å²) in [6.45, 7) is 9.53. The minimum absolute atomic E-state index is 0.134. The summed E-state index contributed by atoms with van der Waals surface area (Å²) < 4.78 is 33.0. The molecule has 3 atom stereocenters. The van der Waals surface area contributed by atoms with Crippen molar-refractivity contribution in [2.45, 2.75) is 50.8 Å². The third-order valence-electron chi connectivity index (χ3n) is 5.75. The van der Waals surface area contributed by atoms with E-state index < -0.39 is 16.1 Å². The molecule has 9 heteroatoms. The molecule has 0 radical (unpaired) electrons. The van der Waals surface area contributed by atoms with Crippen molar-refractivity contribution in [2.75, 3.05) is 23.3 Å². The van der Waals surface area contributed by atoms with E-state index in [1.165, 1.54) is 6.07 Å². The fourth-order valence-electron chi connectivity index (χ4n) is 4.24. The minimum Gasteiger partial charge on any atom is -0.372 e. The molecule has 0 aromatic heterocycles. The maximum absolute atomic E-state index is 13.1. The quantitative estimate of drug-likeness (QED) is 0.700. The summed E-state index contributed by atoms with van der Waals surface area (Å²) in [7, 11) is -3.66. The van der Waals surface area contributed by atoms with Gasteiger partial charge in [0.25, 0.3) is 10.0 Å². The predicted octanol–water partition coefficient (Wildman–Crippen LogP) is 3.00. The van der Waals surface area contributed by atoms with Crippen LogP contribution in [0.15, 0.2) is 58.4 Å². The molecule has 8 nitrogen and oxygen atoms in total. The highest BCUT2D eigenvalue weighted by Crippen LogP contribution is 2.25. The van der Waals surface area contributed by atoms with Gasteiger partial charge in [-0.05, 0) is 56.2 Å². The Morgan fingerprint density at radius 3 is 2.36 bits per heavy atom. The molecule has 176 valence electrons. The van der Waals surface area contributed by atoms with Gasteiger partial charge in [0.1, 0.15) is 11.9 Å².